The highest BCUT2D eigenvalue weighted by Gasteiger charge is 2.23. The third-order valence-electron chi connectivity index (χ3n) is 3.22. The standard InChI is InChI=1S/C16H9Cl3N2O2/c17-9-5-7-10(8-6-9)21-14(19)13(16(22)23)20-15(21)11-3-1-2-4-12(11)18/h1-8H,(H,22,23). The van der Waals surface area contributed by atoms with E-state index < -0.39 is 5.97 Å². The van der Waals surface area contributed by atoms with Crippen molar-refractivity contribution in [3.05, 3.63) is 69.4 Å². The molecule has 0 spiro atoms. The van der Waals surface area contributed by atoms with E-state index in [0.29, 0.717) is 27.1 Å². The average Bonchev–Trinajstić information content (AvgIpc) is 2.86. The summed E-state index contributed by atoms with van der Waals surface area (Å²) in [5.74, 6) is -0.865. The molecule has 3 aromatic rings. The van der Waals surface area contributed by atoms with Crippen molar-refractivity contribution < 1.29 is 9.90 Å². The van der Waals surface area contributed by atoms with Crippen LogP contribution in [0.3, 0.4) is 0 Å². The largest absolute Gasteiger partial charge is 0.476 e. The summed E-state index contributed by atoms with van der Waals surface area (Å²) in [6, 6.07) is 13.8. The van der Waals surface area contributed by atoms with Gasteiger partial charge in [0.2, 0.25) is 0 Å². The molecule has 0 atom stereocenters. The minimum atomic E-state index is -1.21. The monoisotopic (exact) mass is 366 g/mol. The highest BCUT2D eigenvalue weighted by Crippen LogP contribution is 2.33. The minimum Gasteiger partial charge on any atom is -0.476 e. The van der Waals surface area contributed by atoms with Crippen LogP contribution in [0.25, 0.3) is 17.1 Å². The summed E-state index contributed by atoms with van der Waals surface area (Å²) in [6.07, 6.45) is 0. The van der Waals surface area contributed by atoms with Crippen LogP contribution in [0.5, 0.6) is 0 Å². The van der Waals surface area contributed by atoms with Crippen molar-refractivity contribution in [3.8, 4) is 17.1 Å². The Hall–Kier alpha value is -2.01. The van der Waals surface area contributed by atoms with Gasteiger partial charge in [-0.1, -0.05) is 46.9 Å². The maximum Gasteiger partial charge on any atom is 0.357 e. The lowest BCUT2D eigenvalue weighted by atomic mass is 10.2. The van der Waals surface area contributed by atoms with Gasteiger partial charge in [-0.25, -0.2) is 9.78 Å². The van der Waals surface area contributed by atoms with Crippen LogP contribution >= 0.6 is 34.8 Å². The summed E-state index contributed by atoms with van der Waals surface area (Å²) >= 11 is 18.4. The molecule has 0 aliphatic rings. The van der Waals surface area contributed by atoms with Crippen molar-refractivity contribution >= 4 is 40.8 Å². The second-order valence-electron chi connectivity index (χ2n) is 4.67. The van der Waals surface area contributed by atoms with E-state index >= 15 is 0 Å². The van der Waals surface area contributed by atoms with E-state index in [1.807, 2.05) is 0 Å². The Morgan fingerprint density at radius 3 is 2.26 bits per heavy atom. The fourth-order valence-electron chi connectivity index (χ4n) is 2.19. The number of aromatic carboxylic acids is 1. The van der Waals surface area contributed by atoms with Crippen LogP contribution in [0.4, 0.5) is 0 Å². The molecule has 0 aliphatic heterocycles. The van der Waals surface area contributed by atoms with Crippen LogP contribution in [0, 0.1) is 0 Å². The Kier molecular flexibility index (Phi) is 4.31. The molecule has 0 saturated carbocycles. The number of carbonyl (C=O) groups is 1. The van der Waals surface area contributed by atoms with E-state index in [9.17, 15) is 9.90 Å². The van der Waals surface area contributed by atoms with Crippen molar-refractivity contribution in [2.45, 2.75) is 0 Å². The SMILES string of the molecule is O=C(O)c1nc(-c2ccccc2Cl)n(-c2ccc(Cl)cc2)c1Cl. The molecule has 2 aromatic carbocycles. The molecule has 0 amide bonds. The van der Waals surface area contributed by atoms with E-state index in [0.717, 1.165) is 0 Å². The van der Waals surface area contributed by atoms with Gasteiger partial charge in [-0.15, -0.1) is 0 Å². The molecule has 1 heterocycles. The van der Waals surface area contributed by atoms with Gasteiger partial charge in [-0.05, 0) is 36.4 Å². The predicted octanol–water partition coefficient (Wildman–Crippen LogP) is 5.20. The van der Waals surface area contributed by atoms with Crippen LogP contribution in [0.2, 0.25) is 15.2 Å². The Balaban J connectivity index is 2.31. The third-order valence-corrected chi connectivity index (χ3v) is 4.15. The summed E-state index contributed by atoms with van der Waals surface area (Å²) in [7, 11) is 0. The van der Waals surface area contributed by atoms with Gasteiger partial charge in [0.15, 0.2) is 5.69 Å². The normalized spacial score (nSPS) is 10.7. The minimum absolute atomic E-state index is 0.00487. The third kappa shape index (κ3) is 2.93. The molecular weight excluding hydrogens is 359 g/mol. The quantitative estimate of drug-likeness (QED) is 0.692. The summed E-state index contributed by atoms with van der Waals surface area (Å²) < 4.78 is 1.53. The molecule has 3 rings (SSSR count). The first kappa shape index (κ1) is 15.9. The maximum atomic E-state index is 11.4. The summed E-state index contributed by atoms with van der Waals surface area (Å²) in [5, 5.41) is 10.3. The lowest BCUT2D eigenvalue weighted by Crippen LogP contribution is -1.99. The zero-order valence-corrected chi connectivity index (χ0v) is 13.8. The smallest absolute Gasteiger partial charge is 0.357 e. The van der Waals surface area contributed by atoms with Crippen LogP contribution in [0.1, 0.15) is 10.5 Å². The zero-order chi connectivity index (χ0) is 16.6. The predicted molar refractivity (Wildman–Crippen MR) is 91.0 cm³/mol. The van der Waals surface area contributed by atoms with Gasteiger partial charge in [0, 0.05) is 16.3 Å². The van der Waals surface area contributed by atoms with Crippen LogP contribution in [-0.2, 0) is 0 Å². The van der Waals surface area contributed by atoms with Crippen LogP contribution < -0.4 is 0 Å². The fourth-order valence-corrected chi connectivity index (χ4v) is 2.83. The lowest BCUT2D eigenvalue weighted by Gasteiger charge is -2.10. The second kappa shape index (κ2) is 6.24. The highest BCUT2D eigenvalue weighted by atomic mass is 35.5. The fraction of sp³-hybridized carbons (Fsp3) is 0. The number of aromatic nitrogens is 2. The molecule has 116 valence electrons. The molecule has 7 heteroatoms. The van der Waals surface area contributed by atoms with Gasteiger partial charge in [0.05, 0.1) is 5.02 Å². The number of carboxylic acid groups (broad SMARTS) is 1. The zero-order valence-electron chi connectivity index (χ0n) is 11.5. The van der Waals surface area contributed by atoms with Gasteiger partial charge < -0.3 is 5.11 Å². The lowest BCUT2D eigenvalue weighted by molar-refractivity contribution is 0.0691. The second-order valence-corrected chi connectivity index (χ2v) is 5.87. The molecule has 1 N–H and O–H groups in total. The van der Waals surface area contributed by atoms with E-state index in [2.05, 4.69) is 4.98 Å². The number of benzene rings is 2. The number of carboxylic acids is 1. The average molecular weight is 368 g/mol. The van der Waals surface area contributed by atoms with Crippen LogP contribution in [0.15, 0.2) is 48.5 Å². The Morgan fingerprint density at radius 2 is 1.65 bits per heavy atom. The molecule has 4 nitrogen and oxygen atoms in total. The molecular formula is C16H9Cl3N2O2. The first-order valence-electron chi connectivity index (χ1n) is 6.51. The van der Waals surface area contributed by atoms with E-state index in [1.165, 1.54) is 4.57 Å². The van der Waals surface area contributed by atoms with Gasteiger partial charge in [0.1, 0.15) is 11.0 Å². The number of hydrogen-bond acceptors (Lipinski definition) is 2. The highest BCUT2D eigenvalue weighted by molar-refractivity contribution is 6.34. The molecule has 1 aromatic heterocycles. The van der Waals surface area contributed by atoms with Gasteiger partial charge in [0.25, 0.3) is 0 Å². The van der Waals surface area contributed by atoms with E-state index in [1.54, 1.807) is 48.5 Å². The topological polar surface area (TPSA) is 55.1 Å². The van der Waals surface area contributed by atoms with Crippen molar-refractivity contribution in [1.82, 2.24) is 9.55 Å². The Labute approximate surface area is 146 Å². The Bertz CT molecular complexity index is 889. The van der Waals surface area contributed by atoms with Gasteiger partial charge in [-0.2, -0.15) is 0 Å². The van der Waals surface area contributed by atoms with Crippen molar-refractivity contribution in [3.63, 3.8) is 0 Å². The molecule has 0 saturated heterocycles. The van der Waals surface area contributed by atoms with E-state index in [4.69, 9.17) is 34.8 Å². The molecule has 0 unspecified atom stereocenters. The number of imidazole rings is 1. The summed E-state index contributed by atoms with van der Waals surface area (Å²) in [6.45, 7) is 0. The van der Waals surface area contributed by atoms with Crippen LogP contribution in [-0.4, -0.2) is 20.6 Å². The van der Waals surface area contributed by atoms with Gasteiger partial charge in [-0.3, -0.25) is 4.57 Å². The molecule has 0 bridgehead atoms. The number of rotatable bonds is 3. The first-order valence-corrected chi connectivity index (χ1v) is 7.65. The van der Waals surface area contributed by atoms with Crippen molar-refractivity contribution in [2.75, 3.05) is 0 Å². The van der Waals surface area contributed by atoms with Gasteiger partial charge >= 0.3 is 5.97 Å². The number of hydrogen-bond donors (Lipinski definition) is 1. The molecule has 0 fully saturated rings. The first-order chi connectivity index (χ1) is 11.0. The molecule has 23 heavy (non-hydrogen) atoms. The van der Waals surface area contributed by atoms with Crippen molar-refractivity contribution in [2.24, 2.45) is 0 Å². The number of nitrogens with zero attached hydrogens (tertiary/aromatic N) is 2. The van der Waals surface area contributed by atoms with E-state index in [-0.39, 0.29) is 10.8 Å². The molecule has 0 radical (unpaired) electrons. The summed E-state index contributed by atoms with van der Waals surface area (Å²) in [4.78, 5) is 15.5. The summed E-state index contributed by atoms with van der Waals surface area (Å²) in [5.41, 5.74) is 0.976. The van der Waals surface area contributed by atoms with Crippen molar-refractivity contribution in [1.29, 1.82) is 0 Å². The number of halogens is 3. The maximum absolute atomic E-state index is 11.4. The Morgan fingerprint density at radius 1 is 1.00 bits per heavy atom. The molecule has 0 aliphatic carbocycles.